The molecule has 1 heterocycles. The van der Waals surface area contributed by atoms with Gasteiger partial charge in [-0.25, -0.2) is 12.8 Å². The van der Waals surface area contributed by atoms with E-state index >= 15 is 0 Å². The smallest absolute Gasteiger partial charge is 0.255 e. The van der Waals surface area contributed by atoms with Gasteiger partial charge in [-0.2, -0.15) is 4.31 Å². The number of sulfonamides is 1. The maximum absolute atomic E-state index is 13.7. The average molecular weight is 390 g/mol. The zero-order chi connectivity index (χ0) is 19.6. The second-order valence-corrected chi connectivity index (χ2v) is 8.80. The van der Waals surface area contributed by atoms with Crippen LogP contribution in [0.1, 0.15) is 42.1 Å². The van der Waals surface area contributed by atoms with Crippen molar-refractivity contribution in [3.05, 3.63) is 59.4 Å². The van der Waals surface area contributed by atoms with Crippen molar-refractivity contribution in [1.29, 1.82) is 0 Å². The number of amides is 1. The van der Waals surface area contributed by atoms with Crippen molar-refractivity contribution in [2.24, 2.45) is 0 Å². The van der Waals surface area contributed by atoms with E-state index in [2.05, 4.69) is 5.32 Å². The molecule has 2 aromatic carbocycles. The molecule has 1 saturated heterocycles. The van der Waals surface area contributed by atoms with Crippen molar-refractivity contribution in [3.8, 4) is 0 Å². The summed E-state index contributed by atoms with van der Waals surface area (Å²) in [6.45, 7) is 4.03. The highest BCUT2D eigenvalue weighted by molar-refractivity contribution is 7.89. The summed E-state index contributed by atoms with van der Waals surface area (Å²) in [7, 11) is -3.66. The zero-order valence-corrected chi connectivity index (χ0v) is 16.2. The minimum atomic E-state index is -3.66. The van der Waals surface area contributed by atoms with E-state index in [1.165, 1.54) is 22.5 Å². The van der Waals surface area contributed by atoms with Crippen molar-refractivity contribution in [2.75, 3.05) is 11.9 Å². The normalized spacial score (nSPS) is 18.3. The Balaban J connectivity index is 1.84. The number of anilines is 1. The van der Waals surface area contributed by atoms with Crippen LogP contribution in [0.2, 0.25) is 0 Å². The Bertz CT molecular complexity index is 959. The van der Waals surface area contributed by atoms with Crippen molar-refractivity contribution in [2.45, 2.75) is 44.0 Å². The summed E-state index contributed by atoms with van der Waals surface area (Å²) in [6.07, 6.45) is 2.68. The summed E-state index contributed by atoms with van der Waals surface area (Å²) in [5.74, 6) is -0.898. The predicted octanol–water partition coefficient (Wildman–Crippen LogP) is 3.95. The van der Waals surface area contributed by atoms with Crippen LogP contribution >= 0.6 is 0 Å². The topological polar surface area (TPSA) is 66.5 Å². The molecule has 0 bridgehead atoms. The minimum Gasteiger partial charge on any atom is -0.322 e. The number of nitrogens with zero attached hydrogens (tertiary/aromatic N) is 1. The molecule has 1 aliphatic heterocycles. The number of rotatable bonds is 4. The van der Waals surface area contributed by atoms with Crippen molar-refractivity contribution in [1.82, 2.24) is 4.31 Å². The van der Waals surface area contributed by atoms with Crippen LogP contribution in [0.15, 0.2) is 47.4 Å². The van der Waals surface area contributed by atoms with E-state index < -0.39 is 21.7 Å². The van der Waals surface area contributed by atoms with Crippen LogP contribution in [-0.4, -0.2) is 31.2 Å². The number of hydrogen-bond donors (Lipinski definition) is 1. The number of piperidine rings is 1. The highest BCUT2D eigenvalue weighted by Gasteiger charge is 2.31. The molecule has 0 radical (unpaired) electrons. The number of halogens is 1. The van der Waals surface area contributed by atoms with Gasteiger partial charge < -0.3 is 5.32 Å². The lowest BCUT2D eigenvalue weighted by Gasteiger charge is -2.32. The Morgan fingerprint density at radius 3 is 2.67 bits per heavy atom. The first-order chi connectivity index (χ1) is 12.8. The SMILES string of the molecule is Cc1ccc(NC(=O)c2cccc(S(=O)(=O)N3CCCC[C@H]3C)c2)cc1F. The first kappa shape index (κ1) is 19.5. The third kappa shape index (κ3) is 4.20. The fourth-order valence-electron chi connectivity index (χ4n) is 3.24. The molecule has 5 nitrogen and oxygen atoms in total. The Hall–Kier alpha value is -2.25. The Morgan fingerprint density at radius 2 is 1.96 bits per heavy atom. The van der Waals surface area contributed by atoms with Gasteiger partial charge in [0.25, 0.3) is 5.91 Å². The van der Waals surface area contributed by atoms with Crippen molar-refractivity contribution in [3.63, 3.8) is 0 Å². The molecule has 0 unspecified atom stereocenters. The van der Waals surface area contributed by atoms with Gasteiger partial charge in [-0.1, -0.05) is 18.6 Å². The van der Waals surface area contributed by atoms with E-state index in [0.29, 0.717) is 17.8 Å². The summed E-state index contributed by atoms with van der Waals surface area (Å²) < 4.78 is 41.1. The molecule has 1 N–H and O–H groups in total. The van der Waals surface area contributed by atoms with Gasteiger partial charge >= 0.3 is 0 Å². The molecule has 2 aromatic rings. The number of carbonyl (C=O) groups is 1. The van der Waals surface area contributed by atoms with Gasteiger partial charge in [0.2, 0.25) is 10.0 Å². The second-order valence-electron chi connectivity index (χ2n) is 6.91. The molecule has 27 heavy (non-hydrogen) atoms. The number of aryl methyl sites for hydroxylation is 1. The molecule has 7 heteroatoms. The predicted molar refractivity (Wildman–Crippen MR) is 103 cm³/mol. The zero-order valence-electron chi connectivity index (χ0n) is 15.4. The maximum atomic E-state index is 13.7. The van der Waals surface area contributed by atoms with Crippen molar-refractivity contribution < 1.29 is 17.6 Å². The van der Waals surface area contributed by atoms with Gasteiger partial charge in [0.1, 0.15) is 5.82 Å². The van der Waals surface area contributed by atoms with Gasteiger partial charge in [-0.15, -0.1) is 0 Å². The molecule has 0 saturated carbocycles. The largest absolute Gasteiger partial charge is 0.322 e. The van der Waals surface area contributed by atoms with Gasteiger partial charge in [0.15, 0.2) is 0 Å². The fraction of sp³-hybridized carbons (Fsp3) is 0.350. The number of benzene rings is 2. The lowest BCUT2D eigenvalue weighted by molar-refractivity contribution is 0.102. The average Bonchev–Trinajstić information content (AvgIpc) is 2.65. The molecule has 3 rings (SSSR count). The van der Waals surface area contributed by atoms with E-state index in [1.807, 2.05) is 6.92 Å². The first-order valence-corrected chi connectivity index (χ1v) is 10.4. The summed E-state index contributed by atoms with van der Waals surface area (Å²) >= 11 is 0. The lowest BCUT2D eigenvalue weighted by Crippen LogP contribution is -2.41. The van der Waals surface area contributed by atoms with E-state index in [-0.39, 0.29) is 16.5 Å². The molecule has 1 fully saturated rings. The molecule has 0 spiro atoms. The first-order valence-electron chi connectivity index (χ1n) is 8.98. The summed E-state index contributed by atoms with van der Waals surface area (Å²) in [4.78, 5) is 12.6. The van der Waals surface area contributed by atoms with E-state index in [4.69, 9.17) is 0 Å². The van der Waals surface area contributed by atoms with Crippen LogP contribution < -0.4 is 5.32 Å². The van der Waals surface area contributed by atoms with Crippen molar-refractivity contribution >= 4 is 21.6 Å². The Kier molecular flexibility index (Phi) is 5.62. The third-order valence-electron chi connectivity index (χ3n) is 4.87. The van der Waals surface area contributed by atoms with E-state index in [1.54, 1.807) is 31.2 Å². The minimum absolute atomic E-state index is 0.0585. The van der Waals surface area contributed by atoms with Gasteiger partial charge in [-0.05, 0) is 62.6 Å². The molecule has 0 aliphatic carbocycles. The molecular weight excluding hydrogens is 367 g/mol. The van der Waals surface area contributed by atoms with Crippen LogP contribution in [0.4, 0.5) is 10.1 Å². The van der Waals surface area contributed by atoms with E-state index in [9.17, 15) is 17.6 Å². The highest BCUT2D eigenvalue weighted by atomic mass is 32.2. The fourth-order valence-corrected chi connectivity index (χ4v) is 4.98. The third-order valence-corrected chi connectivity index (χ3v) is 6.88. The van der Waals surface area contributed by atoms with Gasteiger partial charge in [0.05, 0.1) is 4.90 Å². The monoisotopic (exact) mass is 390 g/mol. The van der Waals surface area contributed by atoms with Crippen LogP contribution in [0.3, 0.4) is 0 Å². The van der Waals surface area contributed by atoms with Gasteiger partial charge in [-0.3, -0.25) is 4.79 Å². The molecule has 1 atom stereocenters. The molecule has 1 amide bonds. The second kappa shape index (κ2) is 7.78. The Labute approximate surface area is 159 Å². The summed E-state index contributed by atoms with van der Waals surface area (Å²) in [5, 5.41) is 2.61. The molecule has 1 aliphatic rings. The van der Waals surface area contributed by atoms with Crippen LogP contribution in [0, 0.1) is 12.7 Å². The van der Waals surface area contributed by atoms with Gasteiger partial charge in [0, 0.05) is 23.8 Å². The van der Waals surface area contributed by atoms with Crippen LogP contribution in [-0.2, 0) is 10.0 Å². The molecule has 0 aromatic heterocycles. The number of hydrogen-bond acceptors (Lipinski definition) is 3. The summed E-state index contributed by atoms with van der Waals surface area (Å²) in [5.41, 5.74) is 1.01. The molecule has 144 valence electrons. The Morgan fingerprint density at radius 1 is 1.19 bits per heavy atom. The summed E-state index contributed by atoms with van der Waals surface area (Å²) in [6, 6.07) is 10.3. The number of nitrogens with one attached hydrogen (secondary N) is 1. The number of carbonyl (C=O) groups excluding carboxylic acids is 1. The maximum Gasteiger partial charge on any atom is 0.255 e. The highest BCUT2D eigenvalue weighted by Crippen LogP contribution is 2.26. The lowest BCUT2D eigenvalue weighted by atomic mass is 10.1. The van der Waals surface area contributed by atoms with E-state index in [0.717, 1.165) is 19.3 Å². The van der Waals surface area contributed by atoms with Crippen LogP contribution in [0.5, 0.6) is 0 Å². The standard InChI is InChI=1S/C20H23FN2O3S/c1-14-9-10-17(13-19(14)21)22-20(24)16-7-5-8-18(12-16)27(25,26)23-11-4-3-6-15(23)2/h5,7-10,12-13,15H,3-4,6,11H2,1-2H3,(H,22,24)/t15-/m1/s1. The van der Waals surface area contributed by atoms with Crippen LogP contribution in [0.25, 0.3) is 0 Å². The quantitative estimate of drug-likeness (QED) is 0.860. The molecular formula is C20H23FN2O3S.